The molecule has 1 amide bonds. The van der Waals surface area contributed by atoms with Crippen LogP contribution in [0.5, 0.6) is 0 Å². The van der Waals surface area contributed by atoms with Crippen molar-refractivity contribution in [2.45, 2.75) is 31.4 Å². The number of carbonyl (C=O) groups excluding carboxylic acids is 1. The van der Waals surface area contributed by atoms with Crippen LogP contribution in [0.25, 0.3) is 0 Å². The van der Waals surface area contributed by atoms with E-state index in [1.54, 1.807) is 19.2 Å². The molecule has 0 aliphatic carbocycles. The summed E-state index contributed by atoms with van der Waals surface area (Å²) >= 11 is 0. The number of aromatic amines is 1. The van der Waals surface area contributed by atoms with Gasteiger partial charge in [0.05, 0.1) is 31.3 Å². The molecule has 0 spiro atoms. The van der Waals surface area contributed by atoms with E-state index >= 15 is 0 Å². The average Bonchev–Trinajstić information content (AvgIpc) is 3.36. The summed E-state index contributed by atoms with van der Waals surface area (Å²) in [6, 6.07) is 4.13. The molecule has 2 saturated heterocycles. The van der Waals surface area contributed by atoms with Gasteiger partial charge in [-0.25, -0.2) is 9.97 Å². The van der Waals surface area contributed by atoms with Crippen molar-refractivity contribution in [3.05, 3.63) is 35.5 Å². The van der Waals surface area contributed by atoms with Crippen LogP contribution in [0.15, 0.2) is 18.6 Å². The standard InChI is InChI=1S/C17H19N7O2/c1-11-14(6-18)16(21-10-20-11)24-9-17(5-13(24)7-26-17)8-19-15(25)4-12-2-3-22-23-12/h2-3,10,13H,4-5,7-9H2,1H3,(H,19,25)(H,22,23). The minimum Gasteiger partial charge on any atom is -0.369 e. The zero-order valence-electron chi connectivity index (χ0n) is 14.4. The number of nitriles is 1. The molecule has 0 saturated carbocycles. The zero-order chi connectivity index (χ0) is 18.1. The van der Waals surface area contributed by atoms with E-state index in [9.17, 15) is 10.1 Å². The average molecular weight is 353 g/mol. The Morgan fingerprint density at radius 3 is 3.23 bits per heavy atom. The van der Waals surface area contributed by atoms with Gasteiger partial charge in [-0.15, -0.1) is 0 Å². The molecule has 9 heteroatoms. The van der Waals surface area contributed by atoms with Crippen LogP contribution in [0, 0.1) is 18.3 Å². The number of ether oxygens (including phenoxy) is 1. The van der Waals surface area contributed by atoms with Gasteiger partial charge in [0.15, 0.2) is 5.82 Å². The number of anilines is 1. The second kappa shape index (κ2) is 6.38. The molecule has 9 nitrogen and oxygen atoms in total. The van der Waals surface area contributed by atoms with E-state index in [0.717, 1.165) is 12.1 Å². The Bertz CT molecular complexity index is 860. The maximum atomic E-state index is 12.1. The van der Waals surface area contributed by atoms with Crippen LogP contribution in [0.2, 0.25) is 0 Å². The summed E-state index contributed by atoms with van der Waals surface area (Å²) in [6.07, 6.45) is 4.16. The van der Waals surface area contributed by atoms with E-state index in [4.69, 9.17) is 4.74 Å². The van der Waals surface area contributed by atoms with Gasteiger partial charge in [-0.05, 0) is 13.0 Å². The second-order valence-electron chi connectivity index (χ2n) is 6.78. The van der Waals surface area contributed by atoms with Crippen LogP contribution < -0.4 is 10.2 Å². The quantitative estimate of drug-likeness (QED) is 0.781. The summed E-state index contributed by atoms with van der Waals surface area (Å²) in [6.45, 7) is 3.39. The minimum atomic E-state index is -0.445. The Morgan fingerprint density at radius 1 is 1.58 bits per heavy atom. The highest BCUT2D eigenvalue weighted by Gasteiger charge is 2.52. The van der Waals surface area contributed by atoms with Crippen molar-refractivity contribution in [2.75, 3.05) is 24.6 Å². The molecule has 2 aliphatic heterocycles. The van der Waals surface area contributed by atoms with Crippen LogP contribution in [0.4, 0.5) is 5.82 Å². The number of hydrogen-bond acceptors (Lipinski definition) is 7. The van der Waals surface area contributed by atoms with Crippen LogP contribution in [-0.4, -0.2) is 57.4 Å². The molecule has 2 aromatic rings. The Hall–Kier alpha value is -2.99. The monoisotopic (exact) mass is 353 g/mol. The van der Waals surface area contributed by atoms with Gasteiger partial charge >= 0.3 is 0 Å². The lowest BCUT2D eigenvalue weighted by Gasteiger charge is -2.34. The van der Waals surface area contributed by atoms with E-state index in [1.165, 1.54) is 6.33 Å². The fraction of sp³-hybridized carbons (Fsp3) is 0.471. The molecular weight excluding hydrogens is 334 g/mol. The van der Waals surface area contributed by atoms with Crippen molar-refractivity contribution >= 4 is 11.7 Å². The van der Waals surface area contributed by atoms with Gasteiger partial charge in [-0.2, -0.15) is 10.4 Å². The molecule has 4 rings (SSSR count). The molecular formula is C17H19N7O2. The van der Waals surface area contributed by atoms with E-state index < -0.39 is 5.60 Å². The molecule has 26 heavy (non-hydrogen) atoms. The largest absolute Gasteiger partial charge is 0.369 e. The molecule has 2 bridgehead atoms. The fourth-order valence-electron chi connectivity index (χ4n) is 3.69. The van der Waals surface area contributed by atoms with Crippen molar-refractivity contribution in [3.63, 3.8) is 0 Å². The first-order valence-electron chi connectivity index (χ1n) is 8.47. The fourth-order valence-corrected chi connectivity index (χ4v) is 3.69. The topological polar surface area (TPSA) is 120 Å². The highest BCUT2D eigenvalue weighted by molar-refractivity contribution is 5.78. The summed E-state index contributed by atoms with van der Waals surface area (Å²) in [5.74, 6) is 0.573. The Kier molecular flexibility index (Phi) is 4.05. The predicted molar refractivity (Wildman–Crippen MR) is 91.2 cm³/mol. The van der Waals surface area contributed by atoms with Crippen molar-refractivity contribution in [1.29, 1.82) is 5.26 Å². The Balaban J connectivity index is 1.44. The zero-order valence-corrected chi connectivity index (χ0v) is 14.4. The first-order valence-corrected chi connectivity index (χ1v) is 8.47. The number of amides is 1. The number of nitrogens with zero attached hydrogens (tertiary/aromatic N) is 5. The van der Waals surface area contributed by atoms with Crippen LogP contribution in [0.3, 0.4) is 0 Å². The number of nitrogens with one attached hydrogen (secondary N) is 2. The van der Waals surface area contributed by atoms with Crippen molar-refractivity contribution < 1.29 is 9.53 Å². The number of hydrogen-bond donors (Lipinski definition) is 2. The van der Waals surface area contributed by atoms with Crippen molar-refractivity contribution in [3.8, 4) is 6.07 Å². The van der Waals surface area contributed by atoms with Gasteiger partial charge in [0.2, 0.25) is 5.91 Å². The number of aromatic nitrogens is 4. The summed E-state index contributed by atoms with van der Waals surface area (Å²) in [5.41, 5.74) is 1.50. The minimum absolute atomic E-state index is 0.0790. The lowest BCUT2D eigenvalue weighted by molar-refractivity contribution is -0.121. The molecule has 2 fully saturated rings. The van der Waals surface area contributed by atoms with Crippen molar-refractivity contribution in [1.82, 2.24) is 25.5 Å². The summed E-state index contributed by atoms with van der Waals surface area (Å²) in [7, 11) is 0. The maximum absolute atomic E-state index is 12.1. The summed E-state index contributed by atoms with van der Waals surface area (Å²) in [4.78, 5) is 22.7. The van der Waals surface area contributed by atoms with Gasteiger partial charge in [0.1, 0.15) is 23.6 Å². The molecule has 0 aromatic carbocycles. The van der Waals surface area contributed by atoms with E-state index in [1.807, 2.05) is 0 Å². The molecule has 2 N–H and O–H groups in total. The molecule has 2 unspecified atom stereocenters. The van der Waals surface area contributed by atoms with E-state index in [-0.39, 0.29) is 18.4 Å². The molecule has 0 radical (unpaired) electrons. The first-order chi connectivity index (χ1) is 12.6. The van der Waals surface area contributed by atoms with Gasteiger partial charge < -0.3 is 15.0 Å². The molecule has 4 heterocycles. The SMILES string of the molecule is Cc1ncnc(N2CC3(CNC(=O)Cc4ccn[nH]4)CC2CO3)c1C#N. The maximum Gasteiger partial charge on any atom is 0.226 e. The number of rotatable bonds is 5. The number of aryl methyl sites for hydroxylation is 1. The summed E-state index contributed by atoms with van der Waals surface area (Å²) < 4.78 is 5.98. The Labute approximate surface area is 150 Å². The lowest BCUT2D eigenvalue weighted by Crippen LogP contribution is -2.49. The van der Waals surface area contributed by atoms with Crippen molar-refractivity contribution in [2.24, 2.45) is 0 Å². The lowest BCUT2D eigenvalue weighted by atomic mass is 10.0. The predicted octanol–water partition coefficient (Wildman–Crippen LogP) is 0.0864. The number of fused-ring (bicyclic) bond motifs is 2. The molecule has 2 aromatic heterocycles. The number of morpholine rings is 1. The van der Waals surface area contributed by atoms with E-state index in [2.05, 4.69) is 36.5 Å². The van der Waals surface area contributed by atoms with Gasteiger partial charge in [-0.1, -0.05) is 0 Å². The van der Waals surface area contributed by atoms with Crippen LogP contribution >= 0.6 is 0 Å². The molecule has 2 aliphatic rings. The molecule has 2 atom stereocenters. The third kappa shape index (κ3) is 2.88. The van der Waals surface area contributed by atoms with Gasteiger partial charge in [0.25, 0.3) is 0 Å². The number of carbonyl (C=O) groups is 1. The highest BCUT2D eigenvalue weighted by atomic mass is 16.5. The summed E-state index contributed by atoms with van der Waals surface area (Å²) in [5, 5.41) is 19.0. The first kappa shape index (κ1) is 16.5. The third-order valence-electron chi connectivity index (χ3n) is 5.01. The third-order valence-corrected chi connectivity index (χ3v) is 5.01. The second-order valence-corrected chi connectivity index (χ2v) is 6.78. The van der Waals surface area contributed by atoms with Crippen LogP contribution in [0.1, 0.15) is 23.4 Å². The highest BCUT2D eigenvalue weighted by Crippen LogP contribution is 2.40. The van der Waals surface area contributed by atoms with Gasteiger partial charge in [-0.3, -0.25) is 9.89 Å². The Morgan fingerprint density at radius 2 is 2.46 bits per heavy atom. The number of H-pyrrole nitrogens is 1. The smallest absolute Gasteiger partial charge is 0.226 e. The molecule has 134 valence electrons. The normalized spacial score (nSPS) is 23.8. The van der Waals surface area contributed by atoms with E-state index in [0.29, 0.717) is 36.8 Å². The van der Waals surface area contributed by atoms with Gasteiger partial charge in [0, 0.05) is 24.9 Å². The van der Waals surface area contributed by atoms with Crippen LogP contribution in [-0.2, 0) is 16.0 Å².